The predicted molar refractivity (Wildman–Crippen MR) is 47.4 cm³/mol. The van der Waals surface area contributed by atoms with Gasteiger partial charge in [-0.1, -0.05) is 0 Å². The van der Waals surface area contributed by atoms with Gasteiger partial charge < -0.3 is 9.84 Å². The Balaban J connectivity index is 1.89. The molecular formula is C10H16O3. The molecule has 2 atom stereocenters. The molecule has 1 heterocycles. The van der Waals surface area contributed by atoms with E-state index < -0.39 is 5.97 Å². The first-order valence-corrected chi connectivity index (χ1v) is 5.09. The van der Waals surface area contributed by atoms with E-state index in [1.807, 2.05) is 0 Å². The Morgan fingerprint density at radius 1 is 1.15 bits per heavy atom. The van der Waals surface area contributed by atoms with Gasteiger partial charge in [-0.3, -0.25) is 4.79 Å². The second-order valence-electron chi connectivity index (χ2n) is 4.14. The van der Waals surface area contributed by atoms with Crippen LogP contribution in [0.1, 0.15) is 25.7 Å². The average molecular weight is 184 g/mol. The highest BCUT2D eigenvalue weighted by Crippen LogP contribution is 2.43. The fourth-order valence-corrected chi connectivity index (χ4v) is 2.54. The lowest BCUT2D eigenvalue weighted by Crippen LogP contribution is -2.39. The molecule has 0 radical (unpaired) electrons. The molecule has 1 N–H and O–H groups in total. The molecule has 13 heavy (non-hydrogen) atoms. The molecule has 0 bridgehead atoms. The Morgan fingerprint density at radius 3 is 2.31 bits per heavy atom. The Hall–Kier alpha value is -0.570. The normalized spacial score (nSPS) is 35.4. The van der Waals surface area contributed by atoms with Crippen LogP contribution in [0.25, 0.3) is 0 Å². The lowest BCUT2D eigenvalue weighted by molar-refractivity contribution is -0.150. The SMILES string of the molecule is O=C(O)C1CCC1C1CCOCC1. The van der Waals surface area contributed by atoms with E-state index in [9.17, 15) is 4.79 Å². The molecule has 2 unspecified atom stereocenters. The Bertz CT molecular complexity index is 196. The highest BCUT2D eigenvalue weighted by molar-refractivity contribution is 5.71. The predicted octanol–water partition coefficient (Wildman–Crippen LogP) is 1.52. The fraction of sp³-hybridized carbons (Fsp3) is 0.900. The summed E-state index contributed by atoms with van der Waals surface area (Å²) in [4.78, 5) is 10.8. The largest absolute Gasteiger partial charge is 0.481 e. The lowest BCUT2D eigenvalue weighted by atomic mass is 9.65. The third kappa shape index (κ3) is 1.70. The summed E-state index contributed by atoms with van der Waals surface area (Å²) < 4.78 is 5.27. The molecule has 2 aliphatic rings. The van der Waals surface area contributed by atoms with Crippen molar-refractivity contribution in [2.45, 2.75) is 25.7 Å². The summed E-state index contributed by atoms with van der Waals surface area (Å²) in [7, 11) is 0. The van der Waals surface area contributed by atoms with Gasteiger partial charge in [-0.2, -0.15) is 0 Å². The van der Waals surface area contributed by atoms with Crippen molar-refractivity contribution in [3.63, 3.8) is 0 Å². The molecule has 3 nitrogen and oxygen atoms in total. The molecule has 74 valence electrons. The standard InChI is InChI=1S/C10H16O3/c11-10(12)9-2-1-8(9)7-3-5-13-6-4-7/h7-9H,1-6H2,(H,11,12). The molecule has 0 aromatic carbocycles. The third-order valence-corrected chi connectivity index (χ3v) is 3.52. The minimum Gasteiger partial charge on any atom is -0.481 e. The zero-order valence-corrected chi connectivity index (χ0v) is 7.74. The topological polar surface area (TPSA) is 46.5 Å². The van der Waals surface area contributed by atoms with Gasteiger partial charge in [0, 0.05) is 13.2 Å². The maximum Gasteiger partial charge on any atom is 0.306 e. The second kappa shape index (κ2) is 3.66. The quantitative estimate of drug-likeness (QED) is 0.707. The summed E-state index contributed by atoms with van der Waals surface area (Å²) in [6.45, 7) is 1.65. The summed E-state index contributed by atoms with van der Waals surface area (Å²) >= 11 is 0. The van der Waals surface area contributed by atoms with Crippen molar-refractivity contribution in [3.05, 3.63) is 0 Å². The van der Waals surface area contributed by atoms with Gasteiger partial charge in [0.15, 0.2) is 0 Å². The number of carboxylic acids is 1. The maximum atomic E-state index is 10.8. The average Bonchev–Trinajstić information content (AvgIpc) is 2.02. The lowest BCUT2D eigenvalue weighted by Gasteiger charge is -2.41. The van der Waals surface area contributed by atoms with Crippen LogP contribution in [-0.4, -0.2) is 24.3 Å². The van der Waals surface area contributed by atoms with Crippen molar-refractivity contribution >= 4 is 5.97 Å². The molecule has 1 aliphatic heterocycles. The summed E-state index contributed by atoms with van der Waals surface area (Å²) in [6, 6.07) is 0. The van der Waals surface area contributed by atoms with Gasteiger partial charge in [0.25, 0.3) is 0 Å². The number of carboxylic acid groups (broad SMARTS) is 1. The summed E-state index contributed by atoms with van der Waals surface area (Å²) in [5, 5.41) is 8.90. The molecular weight excluding hydrogens is 168 g/mol. The minimum absolute atomic E-state index is 0.0527. The maximum absolute atomic E-state index is 10.8. The number of hydrogen-bond acceptors (Lipinski definition) is 2. The zero-order chi connectivity index (χ0) is 9.26. The van der Waals surface area contributed by atoms with E-state index in [0.29, 0.717) is 11.8 Å². The van der Waals surface area contributed by atoms with E-state index in [4.69, 9.17) is 9.84 Å². The Kier molecular flexibility index (Phi) is 2.54. The second-order valence-corrected chi connectivity index (χ2v) is 4.14. The number of ether oxygens (including phenoxy) is 1. The molecule has 3 heteroatoms. The van der Waals surface area contributed by atoms with Crippen LogP contribution in [0.3, 0.4) is 0 Å². The van der Waals surface area contributed by atoms with E-state index in [1.165, 1.54) is 0 Å². The molecule has 1 aliphatic carbocycles. The molecule has 2 fully saturated rings. The van der Waals surface area contributed by atoms with Crippen LogP contribution in [0.15, 0.2) is 0 Å². The minimum atomic E-state index is -0.595. The molecule has 0 spiro atoms. The van der Waals surface area contributed by atoms with Crippen LogP contribution in [-0.2, 0) is 9.53 Å². The summed E-state index contributed by atoms with van der Waals surface area (Å²) in [5.41, 5.74) is 0. The molecule has 0 amide bonds. The van der Waals surface area contributed by atoms with E-state index in [1.54, 1.807) is 0 Å². The molecule has 0 aromatic heterocycles. The zero-order valence-electron chi connectivity index (χ0n) is 7.74. The van der Waals surface area contributed by atoms with E-state index in [2.05, 4.69) is 0 Å². The Morgan fingerprint density at radius 2 is 1.85 bits per heavy atom. The van der Waals surface area contributed by atoms with E-state index >= 15 is 0 Å². The van der Waals surface area contributed by atoms with Crippen LogP contribution in [0, 0.1) is 17.8 Å². The van der Waals surface area contributed by atoms with Crippen LogP contribution in [0.4, 0.5) is 0 Å². The van der Waals surface area contributed by atoms with Gasteiger partial charge in [-0.25, -0.2) is 0 Å². The number of carbonyl (C=O) groups is 1. The third-order valence-electron chi connectivity index (χ3n) is 3.52. The smallest absolute Gasteiger partial charge is 0.306 e. The van der Waals surface area contributed by atoms with Crippen LogP contribution in [0.2, 0.25) is 0 Å². The van der Waals surface area contributed by atoms with Gasteiger partial charge in [-0.15, -0.1) is 0 Å². The van der Waals surface area contributed by atoms with Gasteiger partial charge >= 0.3 is 5.97 Å². The van der Waals surface area contributed by atoms with E-state index in [0.717, 1.165) is 38.9 Å². The van der Waals surface area contributed by atoms with Crippen molar-refractivity contribution in [1.82, 2.24) is 0 Å². The highest BCUT2D eigenvalue weighted by atomic mass is 16.5. The molecule has 0 aromatic rings. The van der Waals surface area contributed by atoms with Crippen molar-refractivity contribution in [2.75, 3.05) is 13.2 Å². The van der Waals surface area contributed by atoms with Crippen LogP contribution < -0.4 is 0 Å². The van der Waals surface area contributed by atoms with Crippen molar-refractivity contribution < 1.29 is 14.6 Å². The first kappa shape index (κ1) is 9.00. The summed E-state index contributed by atoms with van der Waals surface area (Å²) in [6.07, 6.45) is 4.13. The molecule has 2 rings (SSSR count). The van der Waals surface area contributed by atoms with Gasteiger partial charge in [-0.05, 0) is 37.5 Å². The van der Waals surface area contributed by atoms with Crippen LogP contribution in [0.5, 0.6) is 0 Å². The van der Waals surface area contributed by atoms with Gasteiger partial charge in [0.1, 0.15) is 0 Å². The van der Waals surface area contributed by atoms with Crippen LogP contribution >= 0.6 is 0 Å². The molecule has 1 saturated heterocycles. The number of hydrogen-bond donors (Lipinski definition) is 1. The number of aliphatic carboxylic acids is 1. The monoisotopic (exact) mass is 184 g/mol. The highest BCUT2D eigenvalue weighted by Gasteiger charge is 2.41. The summed E-state index contributed by atoms with van der Waals surface area (Å²) in [5.74, 6) is 0.413. The van der Waals surface area contributed by atoms with Crippen molar-refractivity contribution in [1.29, 1.82) is 0 Å². The molecule has 1 saturated carbocycles. The van der Waals surface area contributed by atoms with Gasteiger partial charge in [0.05, 0.1) is 5.92 Å². The Labute approximate surface area is 78.1 Å². The first-order chi connectivity index (χ1) is 6.29. The van der Waals surface area contributed by atoms with Gasteiger partial charge in [0.2, 0.25) is 0 Å². The van der Waals surface area contributed by atoms with Crippen molar-refractivity contribution in [3.8, 4) is 0 Å². The first-order valence-electron chi connectivity index (χ1n) is 5.09. The number of rotatable bonds is 2. The van der Waals surface area contributed by atoms with E-state index in [-0.39, 0.29) is 5.92 Å². The fourth-order valence-electron chi connectivity index (χ4n) is 2.54. The van der Waals surface area contributed by atoms with Crippen molar-refractivity contribution in [2.24, 2.45) is 17.8 Å².